The Hall–Kier alpha value is -3.73. The summed E-state index contributed by atoms with van der Waals surface area (Å²) in [7, 11) is 3.26. The number of aromatic nitrogens is 5. The molecule has 166 valence electrons. The predicted octanol–water partition coefficient (Wildman–Crippen LogP) is 2.59. The summed E-state index contributed by atoms with van der Waals surface area (Å²) < 4.78 is 12.3. The molecule has 3 aromatic rings. The van der Waals surface area contributed by atoms with Crippen LogP contribution in [-0.2, 0) is 16.6 Å². The van der Waals surface area contributed by atoms with Gasteiger partial charge >= 0.3 is 5.97 Å². The van der Waals surface area contributed by atoms with Gasteiger partial charge in [0, 0.05) is 31.8 Å². The van der Waals surface area contributed by atoms with Crippen LogP contribution in [0.3, 0.4) is 0 Å². The Balaban J connectivity index is 1.85. The lowest BCUT2D eigenvalue weighted by Gasteiger charge is -2.31. The van der Waals surface area contributed by atoms with Gasteiger partial charge in [0.15, 0.2) is 22.4 Å². The van der Waals surface area contributed by atoms with E-state index in [1.54, 1.807) is 42.0 Å². The molecule has 1 saturated heterocycles. The number of methoxy groups -OCH3 is 1. The Morgan fingerprint density at radius 1 is 1.25 bits per heavy atom. The van der Waals surface area contributed by atoms with Crippen molar-refractivity contribution >= 4 is 40.5 Å². The number of nitrogens with one attached hydrogen (secondary N) is 1. The minimum absolute atomic E-state index is 0.00174. The number of halogens is 1. The molecule has 0 unspecified atom stereocenters. The molecule has 0 bridgehead atoms. The number of carbonyl (C=O) groups is 2. The van der Waals surface area contributed by atoms with E-state index in [1.807, 2.05) is 0 Å². The smallest absolute Gasteiger partial charge is 0.361 e. The molecular formula is C20H20ClN7O4. The lowest BCUT2D eigenvalue weighted by molar-refractivity contribution is -0.122. The molecule has 0 atom stereocenters. The zero-order valence-electron chi connectivity index (χ0n) is 17.6. The van der Waals surface area contributed by atoms with Crippen LogP contribution >= 0.6 is 11.6 Å². The Morgan fingerprint density at radius 2 is 2.06 bits per heavy atom. The van der Waals surface area contributed by atoms with Crippen LogP contribution < -0.4 is 15.0 Å². The molecule has 1 aromatic carbocycles. The van der Waals surface area contributed by atoms with Crippen molar-refractivity contribution in [3.8, 4) is 17.1 Å². The summed E-state index contributed by atoms with van der Waals surface area (Å²) in [5.74, 6) is 0.176. The molecule has 3 heterocycles. The number of aryl methyl sites for hydroxylation is 1. The average Bonchev–Trinajstić information content (AvgIpc) is 3.18. The second kappa shape index (κ2) is 8.79. The third-order valence-corrected chi connectivity index (χ3v) is 4.97. The highest BCUT2D eigenvalue weighted by atomic mass is 35.5. The number of rotatable bonds is 7. The maximum atomic E-state index is 12.4. The molecule has 1 amide bonds. The molecule has 4 rings (SSSR count). The van der Waals surface area contributed by atoms with Gasteiger partial charge in [-0.25, -0.2) is 9.78 Å². The highest BCUT2D eigenvalue weighted by molar-refractivity contribution is 6.29. The maximum absolute atomic E-state index is 12.4. The third kappa shape index (κ3) is 4.06. The normalized spacial score (nSPS) is 13.0. The van der Waals surface area contributed by atoms with Gasteiger partial charge in [-0.3, -0.25) is 9.48 Å². The van der Waals surface area contributed by atoms with Crippen molar-refractivity contribution in [3.63, 3.8) is 0 Å². The molecule has 0 spiro atoms. The number of nitrogens with zero attached hydrogens (tertiary/aromatic N) is 6. The van der Waals surface area contributed by atoms with Gasteiger partial charge in [-0.2, -0.15) is 5.10 Å². The zero-order chi connectivity index (χ0) is 22.8. The van der Waals surface area contributed by atoms with Gasteiger partial charge in [0.25, 0.3) is 0 Å². The van der Waals surface area contributed by atoms with E-state index < -0.39 is 5.97 Å². The van der Waals surface area contributed by atoms with E-state index in [9.17, 15) is 9.59 Å². The molecule has 1 aliphatic heterocycles. The van der Waals surface area contributed by atoms with E-state index in [2.05, 4.69) is 25.6 Å². The minimum Gasteiger partial charge on any atom is -0.494 e. The van der Waals surface area contributed by atoms with Crippen molar-refractivity contribution in [3.05, 3.63) is 35.4 Å². The number of anilines is 3. The van der Waals surface area contributed by atoms with E-state index >= 15 is 0 Å². The fourth-order valence-electron chi connectivity index (χ4n) is 3.26. The molecule has 1 N–H and O–H groups in total. The van der Waals surface area contributed by atoms with Gasteiger partial charge < -0.3 is 19.7 Å². The lowest BCUT2D eigenvalue weighted by Crippen LogP contribution is -2.43. The first-order chi connectivity index (χ1) is 15.4. The van der Waals surface area contributed by atoms with Crippen LogP contribution in [0, 0.1) is 0 Å². The first-order valence-corrected chi connectivity index (χ1v) is 10.1. The molecule has 1 fully saturated rings. The fraction of sp³-hybridized carbons (Fsp3) is 0.300. The zero-order valence-corrected chi connectivity index (χ0v) is 18.4. The van der Waals surface area contributed by atoms with Gasteiger partial charge in [0.05, 0.1) is 30.7 Å². The summed E-state index contributed by atoms with van der Waals surface area (Å²) in [6, 6.07) is 4.99. The number of amides is 1. The van der Waals surface area contributed by atoms with Crippen LogP contribution in [0.4, 0.5) is 17.1 Å². The van der Waals surface area contributed by atoms with Gasteiger partial charge in [-0.1, -0.05) is 11.6 Å². The van der Waals surface area contributed by atoms with Gasteiger partial charge in [-0.05, 0) is 19.1 Å². The minimum atomic E-state index is -0.654. The number of ether oxygens (including phenoxy) is 2. The SMILES string of the molecule is CCOC(=O)c1nnc(Cl)cc1Nc1cc(N2CCC2=O)cc(-c2ncn(C)n2)c1OC. The molecule has 1 aliphatic rings. The van der Waals surface area contributed by atoms with Crippen LogP contribution in [0.25, 0.3) is 11.4 Å². The number of carbonyl (C=O) groups excluding carboxylic acids is 2. The van der Waals surface area contributed by atoms with Crippen molar-refractivity contribution in [2.75, 3.05) is 30.5 Å². The second-order valence-corrected chi connectivity index (χ2v) is 7.27. The number of β-lactam (4-membered cyclic amide) rings is 1. The first-order valence-electron chi connectivity index (χ1n) is 9.77. The van der Waals surface area contributed by atoms with Crippen molar-refractivity contribution in [2.45, 2.75) is 13.3 Å². The fourth-order valence-corrected chi connectivity index (χ4v) is 3.40. The summed E-state index contributed by atoms with van der Waals surface area (Å²) >= 11 is 6.03. The molecule has 0 radical (unpaired) electrons. The lowest BCUT2D eigenvalue weighted by atomic mass is 10.1. The summed E-state index contributed by atoms with van der Waals surface area (Å²) in [6.45, 7) is 2.46. The van der Waals surface area contributed by atoms with E-state index in [0.29, 0.717) is 41.5 Å². The van der Waals surface area contributed by atoms with Crippen LogP contribution in [-0.4, -0.2) is 57.1 Å². The summed E-state index contributed by atoms with van der Waals surface area (Å²) in [6.07, 6.45) is 2.04. The molecule has 12 heteroatoms. The Bertz CT molecular complexity index is 1200. The largest absolute Gasteiger partial charge is 0.494 e. The van der Waals surface area contributed by atoms with Crippen molar-refractivity contribution in [1.29, 1.82) is 0 Å². The third-order valence-electron chi connectivity index (χ3n) is 4.78. The highest BCUT2D eigenvalue weighted by Crippen LogP contribution is 2.42. The van der Waals surface area contributed by atoms with E-state index in [1.165, 1.54) is 13.2 Å². The van der Waals surface area contributed by atoms with Gasteiger partial charge in [-0.15, -0.1) is 10.2 Å². The number of esters is 1. The Morgan fingerprint density at radius 3 is 2.66 bits per heavy atom. The van der Waals surface area contributed by atoms with Crippen LogP contribution in [0.2, 0.25) is 5.15 Å². The predicted molar refractivity (Wildman–Crippen MR) is 116 cm³/mol. The summed E-state index contributed by atoms with van der Waals surface area (Å²) in [4.78, 5) is 30.4. The Kier molecular flexibility index (Phi) is 5.91. The van der Waals surface area contributed by atoms with E-state index in [-0.39, 0.29) is 29.0 Å². The first kappa shape index (κ1) is 21.5. The Labute approximate surface area is 188 Å². The molecule has 0 aliphatic carbocycles. The molecule has 32 heavy (non-hydrogen) atoms. The van der Waals surface area contributed by atoms with Crippen LogP contribution in [0.15, 0.2) is 24.5 Å². The maximum Gasteiger partial charge on any atom is 0.361 e. The number of hydrogen-bond acceptors (Lipinski definition) is 9. The van der Waals surface area contributed by atoms with E-state index in [4.69, 9.17) is 21.1 Å². The number of hydrogen-bond donors (Lipinski definition) is 1. The van der Waals surface area contributed by atoms with Gasteiger partial charge in [0.2, 0.25) is 5.91 Å². The van der Waals surface area contributed by atoms with Gasteiger partial charge in [0.1, 0.15) is 6.33 Å². The number of benzene rings is 1. The molecule has 11 nitrogen and oxygen atoms in total. The molecular weight excluding hydrogens is 438 g/mol. The summed E-state index contributed by atoms with van der Waals surface area (Å²) in [5, 5.41) is 15.2. The van der Waals surface area contributed by atoms with Crippen LogP contribution in [0.5, 0.6) is 5.75 Å². The second-order valence-electron chi connectivity index (χ2n) is 6.89. The molecule has 2 aromatic heterocycles. The topological polar surface area (TPSA) is 124 Å². The van der Waals surface area contributed by atoms with Crippen molar-refractivity contribution < 1.29 is 19.1 Å². The average molecular weight is 458 g/mol. The summed E-state index contributed by atoms with van der Waals surface area (Å²) in [5.41, 5.74) is 1.90. The monoisotopic (exact) mass is 457 g/mol. The standard InChI is InChI=1S/C20H20ClN7O4/c1-4-32-20(30)17-13(9-15(21)24-25-17)23-14-8-11(28-6-5-16(28)29)7-12(18(14)31-3)19-22-10-27(2)26-19/h7-10H,4-6H2,1-3H3,(H,23,24). The quantitative estimate of drug-likeness (QED) is 0.421. The van der Waals surface area contributed by atoms with E-state index in [0.717, 1.165) is 0 Å². The van der Waals surface area contributed by atoms with Crippen molar-refractivity contribution in [2.24, 2.45) is 7.05 Å². The highest BCUT2D eigenvalue weighted by Gasteiger charge is 2.28. The van der Waals surface area contributed by atoms with Crippen LogP contribution in [0.1, 0.15) is 23.8 Å². The van der Waals surface area contributed by atoms with Crippen molar-refractivity contribution in [1.82, 2.24) is 25.0 Å². The molecule has 0 saturated carbocycles.